The summed E-state index contributed by atoms with van der Waals surface area (Å²) in [7, 11) is 0. The molecule has 0 aliphatic carbocycles. The third kappa shape index (κ3) is 3.12. The van der Waals surface area contributed by atoms with E-state index in [-0.39, 0.29) is 11.9 Å². The smallest absolute Gasteiger partial charge is 0.267 e. The quantitative estimate of drug-likeness (QED) is 0.805. The summed E-state index contributed by atoms with van der Waals surface area (Å²) in [6.07, 6.45) is 1.81. The first kappa shape index (κ1) is 14.6. The maximum atomic E-state index is 12.6. The lowest BCUT2D eigenvalue weighted by molar-refractivity contribution is 0.0747. The van der Waals surface area contributed by atoms with Gasteiger partial charge in [-0.15, -0.1) is 0 Å². The van der Waals surface area contributed by atoms with Gasteiger partial charge in [-0.2, -0.15) is 0 Å². The van der Waals surface area contributed by atoms with E-state index in [9.17, 15) is 4.79 Å². The molecule has 8 heteroatoms. The molecule has 2 aliphatic rings. The van der Waals surface area contributed by atoms with Crippen molar-refractivity contribution < 1.29 is 9.53 Å². The van der Waals surface area contributed by atoms with Crippen LogP contribution in [0.4, 0.5) is 10.9 Å². The number of ether oxygens (including phenoxy) is 1. The van der Waals surface area contributed by atoms with E-state index in [4.69, 9.17) is 16.2 Å². The van der Waals surface area contributed by atoms with Crippen LogP contribution in [0.3, 0.4) is 0 Å². The summed E-state index contributed by atoms with van der Waals surface area (Å²) < 4.78 is 5.38. The lowest BCUT2D eigenvalue weighted by Gasteiger charge is -2.18. The van der Waals surface area contributed by atoms with Crippen molar-refractivity contribution >= 4 is 28.2 Å². The monoisotopic (exact) mass is 311 g/mol. The third-order valence-electron chi connectivity index (χ3n) is 3.84. The number of nitrogens with two attached hydrogens (primary N) is 2. The normalized spacial score (nSPS) is 23.4. The van der Waals surface area contributed by atoms with Crippen molar-refractivity contribution in [2.24, 2.45) is 5.73 Å². The molecule has 1 unspecified atom stereocenters. The fraction of sp³-hybridized carbons (Fsp3) is 0.692. The number of hydrogen-bond donors (Lipinski definition) is 2. The topological polar surface area (TPSA) is 97.7 Å². The van der Waals surface area contributed by atoms with Crippen LogP contribution in [0.1, 0.15) is 22.5 Å². The van der Waals surface area contributed by atoms with Crippen molar-refractivity contribution in [1.29, 1.82) is 0 Å². The van der Waals surface area contributed by atoms with Gasteiger partial charge in [0.2, 0.25) is 0 Å². The lowest BCUT2D eigenvalue weighted by atomic mass is 10.3. The Labute approximate surface area is 127 Å². The van der Waals surface area contributed by atoms with Gasteiger partial charge in [0, 0.05) is 38.8 Å². The van der Waals surface area contributed by atoms with Gasteiger partial charge in [0.1, 0.15) is 10.7 Å². The Balaban J connectivity index is 1.75. The minimum absolute atomic E-state index is 0.0368. The van der Waals surface area contributed by atoms with Crippen LogP contribution in [-0.4, -0.2) is 61.2 Å². The fourth-order valence-electron chi connectivity index (χ4n) is 2.66. The Bertz CT molecular complexity index is 513. The number of hydrogen-bond acceptors (Lipinski definition) is 7. The second kappa shape index (κ2) is 6.17. The molecule has 0 spiro atoms. The molecule has 2 saturated heterocycles. The highest BCUT2D eigenvalue weighted by molar-refractivity contribution is 7.18. The molecule has 21 heavy (non-hydrogen) atoms. The van der Waals surface area contributed by atoms with E-state index >= 15 is 0 Å². The Morgan fingerprint density at radius 1 is 1.33 bits per heavy atom. The largest absolute Gasteiger partial charge is 0.382 e. The number of nitrogen functional groups attached to an aromatic ring is 1. The Morgan fingerprint density at radius 2 is 2.19 bits per heavy atom. The first-order chi connectivity index (χ1) is 10.1. The van der Waals surface area contributed by atoms with Crippen LogP contribution in [0.25, 0.3) is 0 Å². The van der Waals surface area contributed by atoms with Gasteiger partial charge >= 0.3 is 0 Å². The summed E-state index contributed by atoms with van der Waals surface area (Å²) in [5.41, 5.74) is 11.9. The molecule has 1 atom stereocenters. The highest BCUT2D eigenvalue weighted by atomic mass is 32.1. The summed E-state index contributed by atoms with van der Waals surface area (Å²) in [4.78, 5) is 21.4. The average Bonchev–Trinajstić information content (AvgIpc) is 2.95. The standard InChI is InChI=1S/C13H21N5O2S/c14-9-2-4-18(8-9)13-16-11(15)10(21-13)12(19)17-3-1-6-20-7-5-17/h9H,1-8,14-15H2. The number of anilines is 2. The molecule has 0 bridgehead atoms. The SMILES string of the molecule is Nc1nc(N2CCC(N)C2)sc1C(=O)N1CCCOCC1. The third-order valence-corrected chi connectivity index (χ3v) is 4.96. The van der Waals surface area contributed by atoms with Gasteiger partial charge in [-0.1, -0.05) is 11.3 Å². The zero-order chi connectivity index (χ0) is 14.8. The maximum absolute atomic E-state index is 12.6. The number of carbonyl (C=O) groups excluding carboxylic acids is 1. The van der Waals surface area contributed by atoms with Crippen LogP contribution in [0.5, 0.6) is 0 Å². The van der Waals surface area contributed by atoms with E-state index in [1.54, 1.807) is 4.90 Å². The van der Waals surface area contributed by atoms with Crippen LogP contribution in [-0.2, 0) is 4.74 Å². The Kier molecular flexibility index (Phi) is 4.27. The number of carbonyl (C=O) groups is 1. The molecule has 4 N–H and O–H groups in total. The highest BCUT2D eigenvalue weighted by Crippen LogP contribution is 2.31. The molecular weight excluding hydrogens is 290 g/mol. The summed E-state index contributed by atoms with van der Waals surface area (Å²) in [5, 5.41) is 0.801. The van der Waals surface area contributed by atoms with Crippen molar-refractivity contribution in [2.45, 2.75) is 18.9 Å². The van der Waals surface area contributed by atoms with E-state index in [1.165, 1.54) is 11.3 Å². The summed E-state index contributed by atoms with van der Waals surface area (Å²) in [5.74, 6) is 0.288. The maximum Gasteiger partial charge on any atom is 0.267 e. The predicted octanol–water partition coefficient (Wildman–Crippen LogP) is 0.125. The van der Waals surface area contributed by atoms with E-state index in [0.717, 1.165) is 31.1 Å². The molecule has 1 amide bonds. The van der Waals surface area contributed by atoms with Gasteiger partial charge in [0.15, 0.2) is 5.13 Å². The van der Waals surface area contributed by atoms with Crippen molar-refractivity contribution in [2.75, 3.05) is 50.0 Å². The number of aromatic nitrogens is 1. The van der Waals surface area contributed by atoms with E-state index in [1.807, 2.05) is 0 Å². The molecule has 1 aromatic heterocycles. The molecule has 0 saturated carbocycles. The highest BCUT2D eigenvalue weighted by Gasteiger charge is 2.27. The van der Waals surface area contributed by atoms with Crippen molar-refractivity contribution in [3.63, 3.8) is 0 Å². The Hall–Kier alpha value is -1.38. The Morgan fingerprint density at radius 3 is 2.95 bits per heavy atom. The van der Waals surface area contributed by atoms with Crippen LogP contribution in [0.15, 0.2) is 0 Å². The lowest BCUT2D eigenvalue weighted by Crippen LogP contribution is -2.33. The molecule has 116 valence electrons. The first-order valence-electron chi connectivity index (χ1n) is 7.29. The molecular formula is C13H21N5O2S. The van der Waals surface area contributed by atoms with Gasteiger partial charge in [-0.3, -0.25) is 4.79 Å². The van der Waals surface area contributed by atoms with Gasteiger partial charge in [0.05, 0.1) is 6.61 Å². The zero-order valence-electron chi connectivity index (χ0n) is 12.0. The van der Waals surface area contributed by atoms with Crippen LogP contribution in [0, 0.1) is 0 Å². The molecule has 2 aliphatic heterocycles. The summed E-state index contributed by atoms with van der Waals surface area (Å²) >= 11 is 1.37. The number of amides is 1. The molecule has 0 aromatic carbocycles. The number of thiazole rings is 1. The van der Waals surface area contributed by atoms with E-state index in [2.05, 4.69) is 9.88 Å². The molecule has 1 aromatic rings. The van der Waals surface area contributed by atoms with Crippen molar-refractivity contribution in [3.8, 4) is 0 Å². The van der Waals surface area contributed by atoms with Crippen molar-refractivity contribution in [1.82, 2.24) is 9.88 Å². The molecule has 7 nitrogen and oxygen atoms in total. The van der Waals surface area contributed by atoms with Crippen LogP contribution < -0.4 is 16.4 Å². The summed E-state index contributed by atoms with van der Waals surface area (Å²) in [6.45, 7) is 4.26. The predicted molar refractivity (Wildman–Crippen MR) is 82.7 cm³/mol. The van der Waals surface area contributed by atoms with Gasteiger partial charge < -0.3 is 26.0 Å². The zero-order valence-corrected chi connectivity index (χ0v) is 12.8. The van der Waals surface area contributed by atoms with Crippen LogP contribution in [0.2, 0.25) is 0 Å². The second-order valence-electron chi connectivity index (χ2n) is 5.46. The number of nitrogens with zero attached hydrogens (tertiary/aromatic N) is 3. The van der Waals surface area contributed by atoms with Gasteiger partial charge in [-0.25, -0.2) is 4.98 Å². The van der Waals surface area contributed by atoms with E-state index < -0.39 is 0 Å². The summed E-state index contributed by atoms with van der Waals surface area (Å²) in [6, 6.07) is 0.178. The minimum atomic E-state index is -0.0368. The average molecular weight is 311 g/mol. The molecule has 2 fully saturated rings. The fourth-order valence-corrected chi connectivity index (χ4v) is 3.65. The first-order valence-corrected chi connectivity index (χ1v) is 8.10. The molecule has 3 heterocycles. The van der Waals surface area contributed by atoms with E-state index in [0.29, 0.717) is 37.0 Å². The minimum Gasteiger partial charge on any atom is -0.382 e. The molecule has 0 radical (unpaired) electrons. The van der Waals surface area contributed by atoms with Crippen molar-refractivity contribution in [3.05, 3.63) is 4.88 Å². The van der Waals surface area contributed by atoms with Gasteiger partial charge in [0.25, 0.3) is 5.91 Å². The number of rotatable bonds is 2. The van der Waals surface area contributed by atoms with Gasteiger partial charge in [-0.05, 0) is 12.8 Å². The van der Waals surface area contributed by atoms with Crippen LogP contribution >= 0.6 is 11.3 Å². The second-order valence-corrected chi connectivity index (χ2v) is 6.44. The molecule has 3 rings (SSSR count).